The average molecular weight is 493 g/mol. The minimum atomic E-state index is -5.03. The van der Waals surface area contributed by atoms with Gasteiger partial charge in [0, 0.05) is 40.8 Å². The Morgan fingerprint density at radius 1 is 1.17 bits per heavy atom. The fourth-order valence-corrected chi connectivity index (χ4v) is 4.19. The van der Waals surface area contributed by atoms with E-state index >= 15 is 0 Å². The molecule has 1 fully saturated rings. The first kappa shape index (κ1) is 24.5. The van der Waals surface area contributed by atoms with Crippen molar-refractivity contribution in [2.24, 2.45) is 0 Å². The van der Waals surface area contributed by atoms with Crippen molar-refractivity contribution in [3.8, 4) is 0 Å². The van der Waals surface area contributed by atoms with Crippen LogP contribution in [0.25, 0.3) is 10.8 Å². The monoisotopic (exact) mass is 493 g/mol. The number of carbonyl (C=O) groups is 1. The van der Waals surface area contributed by atoms with Crippen LogP contribution in [0.15, 0.2) is 30.3 Å². The minimum Gasteiger partial charge on any atom is -0.465 e. The predicted molar refractivity (Wildman–Crippen MR) is 122 cm³/mol. The topological polar surface area (TPSA) is 111 Å². The number of amides is 1. The van der Waals surface area contributed by atoms with Gasteiger partial charge in [-0.25, -0.2) is 9.18 Å². The van der Waals surface area contributed by atoms with Crippen molar-refractivity contribution in [3.63, 3.8) is 0 Å². The zero-order valence-electron chi connectivity index (χ0n) is 19.0. The molecule has 12 heteroatoms. The summed E-state index contributed by atoms with van der Waals surface area (Å²) in [6.45, 7) is 5.79. The van der Waals surface area contributed by atoms with Gasteiger partial charge in [0.2, 0.25) is 0 Å². The summed E-state index contributed by atoms with van der Waals surface area (Å²) < 4.78 is 55.2. The zero-order valence-corrected chi connectivity index (χ0v) is 19.0. The predicted octanol–water partition coefficient (Wildman–Crippen LogP) is 4.93. The molecule has 1 saturated heterocycles. The number of carboxylic acid groups (broad SMARTS) is 1. The highest BCUT2D eigenvalue weighted by atomic mass is 19.4. The second-order valence-electron chi connectivity index (χ2n) is 8.94. The van der Waals surface area contributed by atoms with E-state index < -0.39 is 46.5 Å². The number of hydrogen-bond acceptors (Lipinski definition) is 6. The van der Waals surface area contributed by atoms with Crippen LogP contribution in [0.5, 0.6) is 0 Å². The summed E-state index contributed by atoms with van der Waals surface area (Å²) >= 11 is 0. The van der Waals surface area contributed by atoms with Gasteiger partial charge in [-0.05, 0) is 45.0 Å². The standard InChI is InChI=1S/C23H23F4N5O3/c1-11(16-6-13(29-21(33)34)7-18(19(16)24)23(25,26)27)28-20-17-8-14(32-9-22(3,35)10-32)4-5-15(17)12(2)30-31-20/h4-8,11,29,35H,9-10H2,1-3H3,(H,28,31)(H,33,34)/t11-/m1/s1. The van der Waals surface area contributed by atoms with Gasteiger partial charge in [-0.3, -0.25) is 5.32 Å². The highest BCUT2D eigenvalue weighted by molar-refractivity contribution is 5.95. The van der Waals surface area contributed by atoms with E-state index in [4.69, 9.17) is 5.11 Å². The fraction of sp³-hybridized carbons (Fsp3) is 0.348. The molecule has 0 aliphatic carbocycles. The summed E-state index contributed by atoms with van der Waals surface area (Å²) in [5.41, 5.74) is -1.75. The van der Waals surface area contributed by atoms with E-state index in [9.17, 15) is 27.5 Å². The first-order valence-corrected chi connectivity index (χ1v) is 10.7. The van der Waals surface area contributed by atoms with Crippen LogP contribution in [0.2, 0.25) is 0 Å². The van der Waals surface area contributed by atoms with Crippen LogP contribution in [0, 0.1) is 12.7 Å². The van der Waals surface area contributed by atoms with Crippen LogP contribution in [0.1, 0.15) is 36.7 Å². The van der Waals surface area contributed by atoms with Crippen molar-refractivity contribution in [3.05, 3.63) is 53.0 Å². The normalized spacial score (nSPS) is 16.1. The Hall–Kier alpha value is -3.67. The number of nitrogens with zero attached hydrogens (tertiary/aromatic N) is 3. The van der Waals surface area contributed by atoms with Gasteiger partial charge in [0.25, 0.3) is 0 Å². The number of nitrogens with one attached hydrogen (secondary N) is 2. The molecule has 2 aromatic carbocycles. The summed E-state index contributed by atoms with van der Waals surface area (Å²) in [5, 5.41) is 33.3. The molecule has 3 aromatic rings. The lowest BCUT2D eigenvalue weighted by atomic mass is 9.95. The molecule has 0 radical (unpaired) electrons. The maximum absolute atomic E-state index is 14.9. The molecule has 4 rings (SSSR count). The van der Waals surface area contributed by atoms with Crippen LogP contribution < -0.4 is 15.5 Å². The van der Waals surface area contributed by atoms with Crippen molar-refractivity contribution < 1.29 is 32.6 Å². The second-order valence-corrected chi connectivity index (χ2v) is 8.94. The van der Waals surface area contributed by atoms with Crippen molar-refractivity contribution in [2.75, 3.05) is 28.6 Å². The molecule has 0 saturated carbocycles. The molecule has 1 aliphatic rings. The Balaban J connectivity index is 1.73. The molecule has 35 heavy (non-hydrogen) atoms. The highest BCUT2D eigenvalue weighted by Gasteiger charge is 2.37. The molecule has 0 unspecified atom stereocenters. The number of benzene rings is 2. The number of rotatable bonds is 5. The Kier molecular flexibility index (Phi) is 5.95. The Morgan fingerprint density at radius 2 is 1.86 bits per heavy atom. The summed E-state index contributed by atoms with van der Waals surface area (Å²) in [5.74, 6) is -1.29. The van der Waals surface area contributed by atoms with Crippen molar-refractivity contribution in [2.45, 2.75) is 38.6 Å². The largest absolute Gasteiger partial charge is 0.465 e. The third-order valence-electron chi connectivity index (χ3n) is 5.85. The maximum atomic E-state index is 14.9. The smallest absolute Gasteiger partial charge is 0.419 e. The van der Waals surface area contributed by atoms with Crippen molar-refractivity contribution in [1.29, 1.82) is 0 Å². The Bertz CT molecular complexity index is 1300. The van der Waals surface area contributed by atoms with E-state index in [0.29, 0.717) is 30.2 Å². The minimum absolute atomic E-state index is 0.219. The van der Waals surface area contributed by atoms with Gasteiger partial charge >= 0.3 is 12.3 Å². The number of β-amino-alcohol motifs (C(OH)–C–C–N with tert-alkyl or cyclic N) is 1. The summed E-state index contributed by atoms with van der Waals surface area (Å²) in [6, 6.07) is 5.91. The quantitative estimate of drug-likeness (QED) is 0.373. The number of anilines is 3. The summed E-state index contributed by atoms with van der Waals surface area (Å²) in [7, 11) is 0. The lowest BCUT2D eigenvalue weighted by Gasteiger charge is -2.45. The molecule has 1 amide bonds. The lowest BCUT2D eigenvalue weighted by Crippen LogP contribution is -2.60. The summed E-state index contributed by atoms with van der Waals surface area (Å²) in [4.78, 5) is 12.9. The molecule has 1 aromatic heterocycles. The number of aliphatic hydroxyl groups is 1. The van der Waals surface area contributed by atoms with Gasteiger partial charge in [0.1, 0.15) is 5.82 Å². The van der Waals surface area contributed by atoms with Crippen LogP contribution in [-0.4, -0.2) is 45.2 Å². The maximum Gasteiger partial charge on any atom is 0.419 e. The van der Waals surface area contributed by atoms with Crippen LogP contribution in [0.3, 0.4) is 0 Å². The zero-order chi connectivity index (χ0) is 25.7. The first-order valence-electron chi connectivity index (χ1n) is 10.7. The van der Waals surface area contributed by atoms with Gasteiger partial charge in [0.05, 0.1) is 22.9 Å². The molecule has 186 valence electrons. The first-order chi connectivity index (χ1) is 16.2. The number of fused-ring (bicyclic) bond motifs is 1. The molecular formula is C23H23F4N5O3. The van der Waals surface area contributed by atoms with E-state index in [2.05, 4.69) is 15.5 Å². The van der Waals surface area contributed by atoms with Gasteiger partial charge in [-0.2, -0.15) is 18.3 Å². The molecule has 4 N–H and O–H groups in total. The molecule has 1 atom stereocenters. The lowest BCUT2D eigenvalue weighted by molar-refractivity contribution is -0.140. The van der Waals surface area contributed by atoms with Crippen molar-refractivity contribution in [1.82, 2.24) is 10.2 Å². The molecule has 2 heterocycles. The SMILES string of the molecule is Cc1nnc(N[C@H](C)c2cc(NC(=O)O)cc(C(F)(F)F)c2F)c2cc(N3CC(C)(O)C3)ccc12. The van der Waals surface area contributed by atoms with Gasteiger partial charge in [-0.1, -0.05) is 6.07 Å². The average Bonchev–Trinajstić information content (AvgIpc) is 2.73. The second kappa shape index (κ2) is 8.52. The van der Waals surface area contributed by atoms with Crippen molar-refractivity contribution >= 4 is 34.1 Å². The fourth-order valence-electron chi connectivity index (χ4n) is 4.19. The van der Waals surface area contributed by atoms with Crippen LogP contribution in [0.4, 0.5) is 39.5 Å². The van der Waals surface area contributed by atoms with E-state index in [1.165, 1.54) is 6.92 Å². The molecule has 0 bridgehead atoms. The van der Waals surface area contributed by atoms with Gasteiger partial charge in [-0.15, -0.1) is 5.10 Å². The van der Waals surface area contributed by atoms with E-state index in [0.717, 1.165) is 17.1 Å². The molecule has 0 spiro atoms. The number of aryl methyl sites for hydroxylation is 1. The number of alkyl halides is 3. The molecule has 8 nitrogen and oxygen atoms in total. The van der Waals surface area contributed by atoms with E-state index in [1.807, 2.05) is 28.4 Å². The Morgan fingerprint density at radius 3 is 2.46 bits per heavy atom. The van der Waals surface area contributed by atoms with E-state index in [-0.39, 0.29) is 5.82 Å². The number of aromatic nitrogens is 2. The van der Waals surface area contributed by atoms with E-state index in [1.54, 1.807) is 13.8 Å². The van der Waals surface area contributed by atoms with Crippen LogP contribution >= 0.6 is 0 Å². The third-order valence-corrected chi connectivity index (χ3v) is 5.85. The van der Waals surface area contributed by atoms with Gasteiger partial charge < -0.3 is 20.4 Å². The third kappa shape index (κ3) is 4.92. The molecular weight excluding hydrogens is 470 g/mol. The number of halogens is 4. The van der Waals surface area contributed by atoms with Gasteiger partial charge in [0.15, 0.2) is 5.82 Å². The summed E-state index contributed by atoms with van der Waals surface area (Å²) in [6.07, 6.45) is -6.61. The van der Waals surface area contributed by atoms with Crippen LogP contribution in [-0.2, 0) is 6.18 Å². The molecule has 1 aliphatic heterocycles. The number of hydrogen-bond donors (Lipinski definition) is 4. The Labute approximate surface area is 197 Å². The highest BCUT2D eigenvalue weighted by Crippen LogP contribution is 2.38.